The van der Waals surface area contributed by atoms with Crippen LogP contribution in [0.15, 0.2) is 29.2 Å². The topological polar surface area (TPSA) is 80.5 Å². The van der Waals surface area contributed by atoms with Crippen molar-refractivity contribution in [1.29, 1.82) is 0 Å². The van der Waals surface area contributed by atoms with E-state index < -0.39 is 27.8 Å². The number of rotatable bonds is 4. The maximum atomic E-state index is 13.6. The molecule has 1 aliphatic heterocycles. The van der Waals surface area contributed by atoms with Crippen molar-refractivity contribution < 1.29 is 19.0 Å². The predicted octanol–water partition coefficient (Wildman–Crippen LogP) is 3.93. The number of hydrogen-bond donors (Lipinski definition) is 1. The van der Waals surface area contributed by atoms with Gasteiger partial charge in [-0.2, -0.15) is 4.31 Å². The van der Waals surface area contributed by atoms with Gasteiger partial charge in [-0.05, 0) is 92.6 Å². The normalized spacial score (nSPS) is 38.6. The van der Waals surface area contributed by atoms with Crippen LogP contribution in [-0.2, 0) is 14.8 Å². The summed E-state index contributed by atoms with van der Waals surface area (Å²) in [5.74, 6) is 3.46. The van der Waals surface area contributed by atoms with E-state index in [1.165, 1.54) is 46.2 Å². The number of carbonyl (C=O) groups is 1. The molecule has 0 radical (unpaired) electrons. The molecule has 5 aliphatic rings. The molecule has 166 valence electrons. The Balaban J connectivity index is 0.000000161. The number of carbonyl (C=O) groups excluding carboxylic acids is 1. The van der Waals surface area contributed by atoms with E-state index in [-0.39, 0.29) is 19.3 Å². The molecule has 5 nitrogen and oxygen atoms in total. The second-order valence-corrected chi connectivity index (χ2v) is 12.1. The molecule has 1 saturated heterocycles. The highest BCUT2D eigenvalue weighted by Gasteiger charge is 2.66. The number of halogens is 1. The number of nitrogens with zero attached hydrogens (tertiary/aromatic N) is 1. The molecule has 1 spiro atoms. The van der Waals surface area contributed by atoms with E-state index in [0.29, 0.717) is 12.8 Å². The van der Waals surface area contributed by atoms with Gasteiger partial charge < -0.3 is 5.73 Å². The number of sulfonamides is 1. The summed E-state index contributed by atoms with van der Waals surface area (Å²) in [6.07, 6.45) is 11.0. The van der Waals surface area contributed by atoms with E-state index in [4.69, 9.17) is 5.73 Å². The Morgan fingerprint density at radius 3 is 2.43 bits per heavy atom. The highest BCUT2D eigenvalue weighted by atomic mass is 32.2. The summed E-state index contributed by atoms with van der Waals surface area (Å²) in [6.45, 7) is 0.286. The Hall–Kier alpha value is -1.47. The van der Waals surface area contributed by atoms with Gasteiger partial charge in [0.05, 0.1) is 0 Å². The minimum absolute atomic E-state index is 0. The van der Waals surface area contributed by atoms with Crippen molar-refractivity contribution in [1.82, 2.24) is 4.31 Å². The molecule has 2 N–H and O–H groups in total. The largest absolute Gasteiger partial charge is 0.370 e. The van der Waals surface area contributed by atoms with Crippen LogP contribution in [0.25, 0.3) is 0 Å². The molecule has 1 aromatic rings. The molecule has 4 aliphatic carbocycles. The zero-order valence-corrected chi connectivity index (χ0v) is 18.1. The van der Waals surface area contributed by atoms with Crippen LogP contribution in [0.2, 0.25) is 0 Å². The summed E-state index contributed by atoms with van der Waals surface area (Å²) in [7, 11) is -3.91. The fraction of sp³-hybridized carbons (Fsp3) is 0.696. The summed E-state index contributed by atoms with van der Waals surface area (Å²) in [6, 6.07) is 4.76. The monoisotopic (exact) mass is 436 g/mol. The number of fused-ring (bicyclic) bond motifs is 2. The molecule has 6 atom stereocenters. The lowest BCUT2D eigenvalue weighted by atomic mass is 9.56. The van der Waals surface area contributed by atoms with Crippen LogP contribution < -0.4 is 5.73 Å². The van der Waals surface area contributed by atoms with Gasteiger partial charge in [0.1, 0.15) is 10.7 Å². The quantitative estimate of drug-likeness (QED) is 0.776. The Kier molecular flexibility index (Phi) is 4.97. The van der Waals surface area contributed by atoms with Crippen LogP contribution in [0.4, 0.5) is 4.39 Å². The molecule has 6 rings (SSSR count). The van der Waals surface area contributed by atoms with Crippen LogP contribution in [0.1, 0.15) is 59.2 Å². The lowest BCUT2D eigenvalue weighted by molar-refractivity contribution is -0.118. The minimum atomic E-state index is -3.91. The van der Waals surface area contributed by atoms with Crippen molar-refractivity contribution in [2.24, 2.45) is 34.8 Å². The molecular formula is C23H33FN2O3S. The third-order valence-electron chi connectivity index (χ3n) is 8.62. The number of nitrogens with two attached hydrogens (primary N) is 1. The predicted molar refractivity (Wildman–Crippen MR) is 113 cm³/mol. The van der Waals surface area contributed by atoms with Crippen LogP contribution in [0, 0.1) is 34.9 Å². The molecule has 1 heterocycles. The van der Waals surface area contributed by atoms with E-state index in [2.05, 4.69) is 0 Å². The van der Waals surface area contributed by atoms with Crippen molar-refractivity contribution in [3.05, 3.63) is 30.1 Å². The van der Waals surface area contributed by atoms with E-state index in [1.807, 2.05) is 0 Å². The first-order valence-corrected chi connectivity index (χ1v) is 12.8. The fourth-order valence-corrected chi connectivity index (χ4v) is 9.38. The first kappa shape index (κ1) is 20.4. The Morgan fingerprint density at radius 2 is 1.80 bits per heavy atom. The standard InChI is InChI=1S/C12H15FN2O3S.C11H16.H2/c13-10-5-1-2-6-11(10)19(17,18)15-7-3-4-9(15)8-12(14)16;1-7-2-9-4-10-3-8(1)6-11(9,10)5-7;/h1-2,5-6,9H,3-4,7-8H2,(H2,14,16);7-10H,1-6H2;1H/t;7-,8-,9+,10?,11?;/m.0./s1. The van der Waals surface area contributed by atoms with Crippen molar-refractivity contribution in [3.8, 4) is 0 Å². The van der Waals surface area contributed by atoms with Gasteiger partial charge in [-0.15, -0.1) is 0 Å². The molecule has 1 aromatic carbocycles. The van der Waals surface area contributed by atoms with Crippen LogP contribution in [0.3, 0.4) is 0 Å². The third kappa shape index (κ3) is 3.20. The summed E-state index contributed by atoms with van der Waals surface area (Å²) in [4.78, 5) is 10.6. The second kappa shape index (κ2) is 7.30. The maximum Gasteiger partial charge on any atom is 0.246 e. The molecule has 3 unspecified atom stereocenters. The van der Waals surface area contributed by atoms with Gasteiger partial charge in [0.15, 0.2) is 0 Å². The van der Waals surface area contributed by atoms with Crippen molar-refractivity contribution in [2.75, 3.05) is 6.54 Å². The average Bonchev–Trinajstić information content (AvgIpc) is 3.28. The molecule has 1 amide bonds. The zero-order chi connectivity index (χ0) is 21.1. The number of hydrogen-bond acceptors (Lipinski definition) is 3. The van der Waals surface area contributed by atoms with Crippen molar-refractivity contribution >= 4 is 15.9 Å². The maximum absolute atomic E-state index is 13.6. The van der Waals surface area contributed by atoms with Gasteiger partial charge >= 0.3 is 0 Å². The van der Waals surface area contributed by atoms with Gasteiger partial charge in [0.2, 0.25) is 15.9 Å². The molecule has 5 fully saturated rings. The van der Waals surface area contributed by atoms with Crippen LogP contribution in [-0.4, -0.2) is 31.2 Å². The highest BCUT2D eigenvalue weighted by molar-refractivity contribution is 7.89. The number of primary amides is 1. The fourth-order valence-electron chi connectivity index (χ4n) is 7.62. The van der Waals surface area contributed by atoms with Crippen LogP contribution in [0.5, 0.6) is 0 Å². The Labute approximate surface area is 179 Å². The van der Waals surface area contributed by atoms with Gasteiger partial charge in [-0.1, -0.05) is 12.1 Å². The summed E-state index contributed by atoms with van der Waals surface area (Å²) in [5, 5.41) is 0. The minimum Gasteiger partial charge on any atom is -0.370 e. The molecule has 30 heavy (non-hydrogen) atoms. The van der Waals surface area contributed by atoms with Gasteiger partial charge in [0.25, 0.3) is 0 Å². The van der Waals surface area contributed by atoms with Gasteiger partial charge in [-0.3, -0.25) is 4.79 Å². The molecule has 4 saturated carbocycles. The SMILES string of the molecule is C1C2C[C@H]3C[C@@H]4C[C@@H]1CC23C4.NC(=O)CC1CCCN1S(=O)(=O)c1ccccc1F.[HH]. The van der Waals surface area contributed by atoms with E-state index >= 15 is 0 Å². The molecule has 7 heteroatoms. The van der Waals surface area contributed by atoms with Crippen LogP contribution >= 0.6 is 0 Å². The van der Waals surface area contributed by atoms with Gasteiger partial charge in [0, 0.05) is 20.4 Å². The molecule has 0 aromatic heterocycles. The zero-order valence-electron chi connectivity index (χ0n) is 17.3. The summed E-state index contributed by atoms with van der Waals surface area (Å²) < 4.78 is 39.6. The second-order valence-electron chi connectivity index (χ2n) is 10.2. The number of benzene rings is 1. The Bertz CT molecular complexity index is 930. The van der Waals surface area contributed by atoms with Crippen molar-refractivity contribution in [3.63, 3.8) is 0 Å². The van der Waals surface area contributed by atoms with E-state index in [9.17, 15) is 17.6 Å². The van der Waals surface area contributed by atoms with Crippen molar-refractivity contribution in [2.45, 2.75) is 68.7 Å². The lowest BCUT2D eigenvalue weighted by Crippen LogP contribution is -2.41. The molecular weight excluding hydrogens is 403 g/mol. The van der Waals surface area contributed by atoms with E-state index in [0.717, 1.165) is 11.5 Å². The summed E-state index contributed by atoms with van der Waals surface area (Å²) >= 11 is 0. The first-order valence-electron chi connectivity index (χ1n) is 11.3. The van der Waals surface area contributed by atoms with Gasteiger partial charge in [-0.25, -0.2) is 12.8 Å². The molecule has 3 bridgehead atoms. The smallest absolute Gasteiger partial charge is 0.246 e. The Morgan fingerprint density at radius 1 is 1.13 bits per heavy atom. The number of amides is 1. The average molecular weight is 437 g/mol. The third-order valence-corrected chi connectivity index (χ3v) is 10.6. The highest BCUT2D eigenvalue weighted by Crippen LogP contribution is 2.75. The first-order chi connectivity index (χ1) is 14.3. The lowest BCUT2D eigenvalue weighted by Gasteiger charge is -2.49. The summed E-state index contributed by atoms with van der Waals surface area (Å²) in [5.41, 5.74) is 6.08. The van der Waals surface area contributed by atoms with E-state index in [1.54, 1.807) is 38.5 Å².